The van der Waals surface area contributed by atoms with E-state index in [0.717, 1.165) is 15.7 Å². The number of hydrogen-bond acceptors (Lipinski definition) is 6. The number of aromatic nitrogens is 3. The van der Waals surface area contributed by atoms with E-state index >= 15 is 0 Å². The number of benzene rings is 2. The predicted octanol–water partition coefficient (Wildman–Crippen LogP) is 5.06. The molecule has 0 aliphatic carbocycles. The van der Waals surface area contributed by atoms with Gasteiger partial charge in [0.05, 0.1) is 29.7 Å². The van der Waals surface area contributed by atoms with Gasteiger partial charge >= 0.3 is 0 Å². The second-order valence-electron chi connectivity index (χ2n) is 6.80. The van der Waals surface area contributed by atoms with Crippen molar-refractivity contribution in [1.82, 2.24) is 14.5 Å². The summed E-state index contributed by atoms with van der Waals surface area (Å²) in [6.07, 6.45) is 1.65. The third-order valence-corrected chi connectivity index (χ3v) is 6.10. The Labute approximate surface area is 186 Å². The molecule has 0 N–H and O–H groups in total. The van der Waals surface area contributed by atoms with Crippen molar-refractivity contribution >= 4 is 38.6 Å². The molecular formula is C22H20BrN3O3S. The van der Waals surface area contributed by atoms with Crippen molar-refractivity contribution in [2.75, 3.05) is 13.7 Å². The van der Waals surface area contributed by atoms with Crippen molar-refractivity contribution in [2.45, 2.75) is 24.4 Å². The fourth-order valence-corrected chi connectivity index (χ4v) is 4.27. The first-order chi connectivity index (χ1) is 14.5. The van der Waals surface area contributed by atoms with Crippen molar-refractivity contribution in [1.29, 1.82) is 0 Å². The standard InChI is InChI=1S/C22H20BrN3O3S/c1-14-3-5-15(6-4-14)20-24-17(12-29-20)13-30-22-25-19-8-7-16(23)11-18(19)21(27)26(22)9-10-28-2/h3-8,11-12H,9-10,13H2,1-2H3. The average molecular weight is 486 g/mol. The van der Waals surface area contributed by atoms with E-state index in [1.165, 1.54) is 17.3 Å². The minimum absolute atomic E-state index is 0.0821. The molecule has 6 nitrogen and oxygen atoms in total. The number of thioether (sulfide) groups is 1. The smallest absolute Gasteiger partial charge is 0.262 e. The first kappa shape index (κ1) is 20.8. The van der Waals surface area contributed by atoms with Gasteiger partial charge in [0.25, 0.3) is 5.56 Å². The van der Waals surface area contributed by atoms with E-state index in [1.54, 1.807) is 24.0 Å². The molecule has 154 valence electrons. The minimum atomic E-state index is -0.0821. The van der Waals surface area contributed by atoms with Crippen LogP contribution >= 0.6 is 27.7 Å². The normalized spacial score (nSPS) is 11.3. The summed E-state index contributed by atoms with van der Waals surface area (Å²) in [5.74, 6) is 1.12. The fraction of sp³-hybridized carbons (Fsp3) is 0.227. The summed E-state index contributed by atoms with van der Waals surface area (Å²) in [7, 11) is 1.62. The molecule has 0 bridgehead atoms. The molecule has 30 heavy (non-hydrogen) atoms. The monoisotopic (exact) mass is 485 g/mol. The lowest BCUT2D eigenvalue weighted by Gasteiger charge is -2.12. The number of oxazole rings is 1. The van der Waals surface area contributed by atoms with Gasteiger partial charge in [-0.3, -0.25) is 9.36 Å². The van der Waals surface area contributed by atoms with Gasteiger partial charge in [0, 0.05) is 22.9 Å². The molecule has 0 fully saturated rings. The largest absolute Gasteiger partial charge is 0.444 e. The van der Waals surface area contributed by atoms with Crippen LogP contribution in [0, 0.1) is 6.92 Å². The van der Waals surface area contributed by atoms with E-state index in [2.05, 4.69) is 20.9 Å². The summed E-state index contributed by atoms with van der Waals surface area (Å²) in [4.78, 5) is 22.3. The number of methoxy groups -OCH3 is 1. The van der Waals surface area contributed by atoms with Gasteiger partial charge in [0.2, 0.25) is 5.89 Å². The van der Waals surface area contributed by atoms with Crippen molar-refractivity contribution in [3.63, 3.8) is 0 Å². The number of fused-ring (bicyclic) bond motifs is 1. The maximum absolute atomic E-state index is 13.0. The highest BCUT2D eigenvalue weighted by atomic mass is 79.9. The van der Waals surface area contributed by atoms with Crippen LogP contribution in [0.5, 0.6) is 0 Å². The molecule has 0 radical (unpaired) electrons. The zero-order valence-electron chi connectivity index (χ0n) is 16.6. The van der Waals surface area contributed by atoms with Crippen LogP contribution in [-0.4, -0.2) is 28.3 Å². The average Bonchev–Trinajstić information content (AvgIpc) is 3.22. The van der Waals surface area contributed by atoms with Crippen LogP contribution in [0.2, 0.25) is 0 Å². The Balaban J connectivity index is 1.61. The van der Waals surface area contributed by atoms with E-state index in [0.29, 0.717) is 40.9 Å². The Morgan fingerprint density at radius 1 is 1.17 bits per heavy atom. The number of aryl methyl sites for hydroxylation is 1. The third kappa shape index (κ3) is 4.50. The van der Waals surface area contributed by atoms with Crippen LogP contribution in [-0.2, 0) is 17.0 Å². The first-order valence-corrected chi connectivity index (χ1v) is 11.2. The second-order valence-corrected chi connectivity index (χ2v) is 8.66. The second kappa shape index (κ2) is 9.16. The van der Waals surface area contributed by atoms with Gasteiger partial charge in [0.1, 0.15) is 6.26 Å². The van der Waals surface area contributed by atoms with Crippen LogP contribution in [0.3, 0.4) is 0 Å². The van der Waals surface area contributed by atoms with Crippen molar-refractivity contribution in [3.8, 4) is 11.5 Å². The summed E-state index contributed by atoms with van der Waals surface area (Å²) in [6.45, 7) is 2.90. The number of halogens is 1. The van der Waals surface area contributed by atoms with Crippen LogP contribution in [0.1, 0.15) is 11.3 Å². The maximum atomic E-state index is 13.0. The number of ether oxygens (including phenoxy) is 1. The van der Waals surface area contributed by atoms with E-state index in [9.17, 15) is 4.79 Å². The van der Waals surface area contributed by atoms with E-state index in [-0.39, 0.29) is 5.56 Å². The minimum Gasteiger partial charge on any atom is -0.444 e. The van der Waals surface area contributed by atoms with Crippen LogP contribution in [0.25, 0.3) is 22.4 Å². The molecule has 0 unspecified atom stereocenters. The SMILES string of the molecule is COCCn1c(SCc2coc(-c3ccc(C)cc3)n2)nc2ccc(Br)cc2c1=O. The highest BCUT2D eigenvalue weighted by Crippen LogP contribution is 2.25. The highest BCUT2D eigenvalue weighted by Gasteiger charge is 2.14. The summed E-state index contributed by atoms with van der Waals surface area (Å²) >= 11 is 4.88. The molecular weight excluding hydrogens is 466 g/mol. The summed E-state index contributed by atoms with van der Waals surface area (Å²) in [5.41, 5.74) is 3.49. The predicted molar refractivity (Wildman–Crippen MR) is 122 cm³/mol. The van der Waals surface area contributed by atoms with E-state index in [4.69, 9.17) is 14.1 Å². The van der Waals surface area contributed by atoms with Gasteiger partial charge in [-0.25, -0.2) is 9.97 Å². The Bertz CT molecular complexity index is 1230. The number of rotatable bonds is 7. The van der Waals surface area contributed by atoms with E-state index < -0.39 is 0 Å². The van der Waals surface area contributed by atoms with Gasteiger partial charge in [-0.05, 0) is 37.3 Å². The van der Waals surface area contributed by atoms with Crippen LogP contribution in [0.15, 0.2) is 67.6 Å². The lowest BCUT2D eigenvalue weighted by Crippen LogP contribution is -2.25. The molecule has 0 atom stereocenters. The third-order valence-electron chi connectivity index (χ3n) is 4.60. The maximum Gasteiger partial charge on any atom is 0.262 e. The molecule has 2 aromatic carbocycles. The quantitative estimate of drug-likeness (QED) is 0.269. The van der Waals surface area contributed by atoms with Gasteiger partial charge < -0.3 is 9.15 Å². The van der Waals surface area contributed by atoms with Crippen molar-refractivity contribution in [2.24, 2.45) is 0 Å². The molecule has 0 spiro atoms. The lowest BCUT2D eigenvalue weighted by molar-refractivity contribution is 0.183. The van der Waals surface area contributed by atoms with Crippen LogP contribution in [0.4, 0.5) is 0 Å². The van der Waals surface area contributed by atoms with Gasteiger partial charge in [-0.2, -0.15) is 0 Å². The Hall–Kier alpha value is -2.42. The van der Waals surface area contributed by atoms with Gasteiger partial charge in [-0.1, -0.05) is 45.4 Å². The summed E-state index contributed by atoms with van der Waals surface area (Å²) < 4.78 is 13.3. The fourth-order valence-electron chi connectivity index (χ4n) is 3.00. The Morgan fingerprint density at radius 2 is 1.97 bits per heavy atom. The Morgan fingerprint density at radius 3 is 2.73 bits per heavy atom. The summed E-state index contributed by atoms with van der Waals surface area (Å²) in [6, 6.07) is 13.6. The molecule has 8 heteroatoms. The highest BCUT2D eigenvalue weighted by molar-refractivity contribution is 9.10. The molecule has 2 aromatic heterocycles. The molecule has 0 amide bonds. The first-order valence-electron chi connectivity index (χ1n) is 9.38. The van der Waals surface area contributed by atoms with Crippen molar-refractivity contribution in [3.05, 3.63) is 74.8 Å². The topological polar surface area (TPSA) is 70.2 Å². The zero-order valence-corrected chi connectivity index (χ0v) is 19.0. The molecule has 2 heterocycles. The lowest BCUT2D eigenvalue weighted by atomic mass is 10.1. The molecule has 0 aliphatic heterocycles. The van der Waals surface area contributed by atoms with E-state index in [1.807, 2.05) is 43.3 Å². The van der Waals surface area contributed by atoms with Gasteiger partial charge in [-0.15, -0.1) is 0 Å². The molecule has 0 saturated carbocycles. The molecule has 0 saturated heterocycles. The van der Waals surface area contributed by atoms with Crippen molar-refractivity contribution < 1.29 is 9.15 Å². The molecule has 4 aromatic rings. The zero-order chi connectivity index (χ0) is 21.1. The number of nitrogens with zero attached hydrogens (tertiary/aromatic N) is 3. The van der Waals surface area contributed by atoms with Crippen LogP contribution < -0.4 is 5.56 Å². The molecule has 4 rings (SSSR count). The summed E-state index contributed by atoms with van der Waals surface area (Å²) in [5, 5.41) is 1.21. The number of hydrogen-bond donors (Lipinski definition) is 0. The van der Waals surface area contributed by atoms with Gasteiger partial charge in [0.15, 0.2) is 5.16 Å². The molecule has 0 aliphatic rings. The Kier molecular flexibility index (Phi) is 6.36.